The maximum Gasteiger partial charge on any atom is 0.309 e. The molecule has 0 aromatic rings. The van der Waals surface area contributed by atoms with Crippen molar-refractivity contribution in [2.75, 3.05) is 6.61 Å². The second kappa shape index (κ2) is 3.89. The van der Waals surface area contributed by atoms with Crippen LogP contribution in [0, 0.1) is 15.5 Å². The zero-order valence-electron chi connectivity index (χ0n) is 6.94. The average molecular weight is 177 g/mol. The molecule has 0 saturated heterocycles. The van der Waals surface area contributed by atoms with Crippen molar-refractivity contribution in [2.45, 2.75) is 20.3 Å². The third-order valence-electron chi connectivity index (χ3n) is 1.50. The molecule has 70 valence electrons. The molecule has 0 aromatic carbocycles. The summed E-state index contributed by atoms with van der Waals surface area (Å²) in [5, 5.41) is 17.3. The molecule has 0 aliphatic rings. The van der Waals surface area contributed by atoms with Crippen LogP contribution < -0.4 is 0 Å². The second-order valence-corrected chi connectivity index (χ2v) is 3.00. The van der Waals surface area contributed by atoms with E-state index in [4.69, 9.17) is 5.11 Å². The number of rotatable bonds is 5. The molecule has 0 unspecified atom stereocenters. The number of carboxylic acids is 1. The first-order chi connectivity index (χ1) is 5.36. The quantitative estimate of drug-likeness (QED) is 0.493. The molecule has 1 N–H and O–H groups in total. The lowest BCUT2D eigenvalue weighted by atomic mass is 9.90. The molecule has 0 saturated carbocycles. The van der Waals surface area contributed by atoms with E-state index in [9.17, 15) is 14.9 Å². The first-order valence-corrected chi connectivity index (χ1v) is 3.37. The van der Waals surface area contributed by atoms with Gasteiger partial charge in [0.1, 0.15) is 0 Å². The minimum atomic E-state index is -0.991. The summed E-state index contributed by atoms with van der Waals surface area (Å²) in [4.78, 5) is 24.1. The molecule has 0 aliphatic heterocycles. The maximum atomic E-state index is 10.5. The normalized spacial score (nSPS) is 10.8. The second-order valence-electron chi connectivity index (χ2n) is 3.00. The minimum absolute atomic E-state index is 0.114. The van der Waals surface area contributed by atoms with Gasteiger partial charge in [0.15, 0.2) is 0 Å². The Morgan fingerprint density at radius 2 is 2.17 bits per heavy atom. The van der Waals surface area contributed by atoms with E-state index >= 15 is 0 Å². The summed E-state index contributed by atoms with van der Waals surface area (Å²) < 4.78 is 0. The Labute approximate surface area is 69.2 Å². The summed E-state index contributed by atoms with van der Waals surface area (Å²) >= 11 is 0. The van der Waals surface area contributed by atoms with Crippen molar-refractivity contribution in [3.05, 3.63) is 10.1 Å². The topological polar surface area (TPSA) is 89.7 Å². The molecule has 0 amide bonds. The molecule has 0 bridgehead atoms. The van der Waals surface area contributed by atoms with Crippen molar-refractivity contribution in [1.82, 2.24) is 0 Å². The lowest BCUT2D eigenvalue weighted by Crippen LogP contribution is -2.25. The Kier molecular flexibility index (Phi) is 3.46. The molecule has 0 spiro atoms. The van der Waals surface area contributed by atoms with Gasteiger partial charge in [0.2, 0.25) is 0 Å². The van der Waals surface area contributed by atoms with Crippen molar-refractivity contribution in [3.8, 4) is 0 Å². The predicted octanol–water partition coefficient (Wildman–Crippen LogP) is 0.696. The zero-order valence-corrected chi connectivity index (χ0v) is 6.94. The van der Waals surface area contributed by atoms with Crippen molar-refractivity contribution in [2.24, 2.45) is 5.41 Å². The van der Waals surface area contributed by atoms with Crippen LogP contribution >= 0.6 is 0 Å². The van der Waals surface area contributed by atoms with E-state index in [0.717, 1.165) is 0 Å². The fraction of sp³-hybridized carbons (Fsp3) is 0.833. The summed E-state index contributed by atoms with van der Waals surface area (Å²) in [6, 6.07) is 0. The summed E-state index contributed by atoms with van der Waals surface area (Å²) in [6.07, 6.45) is 0.114. The molecule has 0 radical (unpaired) electrons. The van der Waals surface area contributed by atoms with Crippen LogP contribution in [0.1, 0.15) is 20.3 Å². The van der Waals surface area contributed by atoms with Gasteiger partial charge in [-0.1, -0.05) is 0 Å². The molecule has 0 fully saturated rings. The van der Waals surface area contributed by atoms with E-state index in [0.29, 0.717) is 0 Å². The van der Waals surface area contributed by atoms with Crippen LogP contribution in [0.2, 0.25) is 0 Å². The third-order valence-corrected chi connectivity index (χ3v) is 1.50. The van der Waals surface area contributed by atoms with Crippen LogP contribution in [-0.2, 0) is 9.63 Å². The lowest BCUT2D eigenvalue weighted by Gasteiger charge is -2.17. The number of carbonyl (C=O) groups is 1. The maximum absolute atomic E-state index is 10.5. The first-order valence-electron chi connectivity index (χ1n) is 3.37. The molecule has 0 heterocycles. The summed E-state index contributed by atoms with van der Waals surface area (Å²) in [7, 11) is 0. The smallest absolute Gasteiger partial charge is 0.309 e. The largest absolute Gasteiger partial charge is 0.481 e. The highest BCUT2D eigenvalue weighted by Gasteiger charge is 2.26. The van der Waals surface area contributed by atoms with Crippen molar-refractivity contribution in [1.29, 1.82) is 0 Å². The molecule has 0 aromatic heterocycles. The standard InChI is InChI=1S/C6H11NO5/c1-6(2,5(8)9)3-4-12-7(10)11/h3-4H2,1-2H3,(H,8,9). The van der Waals surface area contributed by atoms with E-state index in [2.05, 4.69) is 4.84 Å². The average Bonchev–Trinajstić information content (AvgIpc) is 1.85. The van der Waals surface area contributed by atoms with Gasteiger partial charge >= 0.3 is 5.97 Å². The van der Waals surface area contributed by atoms with E-state index in [1.807, 2.05) is 0 Å². The monoisotopic (exact) mass is 177 g/mol. The molecule has 6 heteroatoms. The Morgan fingerprint density at radius 1 is 1.67 bits per heavy atom. The highest BCUT2D eigenvalue weighted by atomic mass is 16.9. The summed E-state index contributed by atoms with van der Waals surface area (Å²) in [6.45, 7) is 2.78. The van der Waals surface area contributed by atoms with E-state index < -0.39 is 16.5 Å². The van der Waals surface area contributed by atoms with Gasteiger partial charge in [0.05, 0.1) is 12.0 Å². The van der Waals surface area contributed by atoms with E-state index in [1.165, 1.54) is 13.8 Å². The SMILES string of the molecule is CC(C)(CCO[N+](=O)[O-])C(=O)O. The van der Waals surface area contributed by atoms with Gasteiger partial charge in [-0.3, -0.25) is 4.79 Å². The Morgan fingerprint density at radius 3 is 2.50 bits per heavy atom. The van der Waals surface area contributed by atoms with Crippen LogP contribution in [0.4, 0.5) is 0 Å². The predicted molar refractivity (Wildman–Crippen MR) is 39.0 cm³/mol. The Bertz CT molecular complexity index is 188. The van der Waals surface area contributed by atoms with Crippen molar-refractivity contribution in [3.63, 3.8) is 0 Å². The van der Waals surface area contributed by atoms with Crippen LogP contribution in [-0.4, -0.2) is 22.8 Å². The van der Waals surface area contributed by atoms with Crippen molar-refractivity contribution < 1.29 is 19.8 Å². The highest BCUT2D eigenvalue weighted by molar-refractivity contribution is 5.73. The van der Waals surface area contributed by atoms with Gasteiger partial charge in [0, 0.05) is 0 Å². The van der Waals surface area contributed by atoms with Gasteiger partial charge in [-0.15, -0.1) is 10.1 Å². The van der Waals surface area contributed by atoms with Gasteiger partial charge in [-0.05, 0) is 20.3 Å². The molecule has 6 nitrogen and oxygen atoms in total. The molecule has 0 rings (SSSR count). The van der Waals surface area contributed by atoms with E-state index in [-0.39, 0.29) is 13.0 Å². The molecule has 12 heavy (non-hydrogen) atoms. The van der Waals surface area contributed by atoms with Gasteiger partial charge in [-0.25, -0.2) is 0 Å². The number of carboxylic acid groups (broad SMARTS) is 1. The van der Waals surface area contributed by atoms with Gasteiger partial charge < -0.3 is 9.94 Å². The third kappa shape index (κ3) is 3.75. The van der Waals surface area contributed by atoms with E-state index in [1.54, 1.807) is 0 Å². The first kappa shape index (κ1) is 10.7. The van der Waals surface area contributed by atoms with Crippen LogP contribution in [0.15, 0.2) is 0 Å². The number of aliphatic carboxylic acids is 1. The molecular formula is C6H11NO5. The van der Waals surface area contributed by atoms with Gasteiger partial charge in [0.25, 0.3) is 5.09 Å². The fourth-order valence-electron chi connectivity index (χ4n) is 0.482. The van der Waals surface area contributed by atoms with Crippen LogP contribution in [0.25, 0.3) is 0 Å². The molecular weight excluding hydrogens is 166 g/mol. The highest BCUT2D eigenvalue weighted by Crippen LogP contribution is 2.19. The van der Waals surface area contributed by atoms with Crippen molar-refractivity contribution >= 4 is 5.97 Å². The summed E-state index contributed by atoms with van der Waals surface area (Å²) in [5.74, 6) is -0.991. The number of hydrogen-bond donors (Lipinski definition) is 1. The fourth-order valence-corrected chi connectivity index (χ4v) is 0.482. The zero-order chi connectivity index (χ0) is 9.78. The van der Waals surface area contributed by atoms with Gasteiger partial charge in [-0.2, -0.15) is 0 Å². The van der Waals surface area contributed by atoms with Crippen LogP contribution in [0.5, 0.6) is 0 Å². The number of nitrogens with zero attached hydrogens (tertiary/aromatic N) is 1. The minimum Gasteiger partial charge on any atom is -0.481 e. The number of hydrogen-bond acceptors (Lipinski definition) is 4. The molecule has 0 atom stereocenters. The Balaban J connectivity index is 3.76. The lowest BCUT2D eigenvalue weighted by molar-refractivity contribution is -0.758. The summed E-state index contributed by atoms with van der Waals surface area (Å²) in [5.41, 5.74) is -0.976. The Hall–Kier alpha value is -1.33. The van der Waals surface area contributed by atoms with Crippen LogP contribution in [0.3, 0.4) is 0 Å². The molecule has 0 aliphatic carbocycles.